The van der Waals surface area contributed by atoms with E-state index in [-0.39, 0.29) is 12.1 Å². The number of hydrogen-bond donors (Lipinski definition) is 1. The van der Waals surface area contributed by atoms with Gasteiger partial charge in [0.2, 0.25) is 5.88 Å². The lowest BCUT2D eigenvalue weighted by atomic mass is 9.98. The monoisotopic (exact) mass is 569 g/mol. The van der Waals surface area contributed by atoms with Crippen molar-refractivity contribution in [2.75, 3.05) is 26.6 Å². The summed E-state index contributed by atoms with van der Waals surface area (Å²) in [5.74, 6) is 1.44. The minimum absolute atomic E-state index is 0.0160. The highest BCUT2D eigenvalue weighted by Gasteiger charge is 2.31. The molecule has 0 bridgehead atoms. The number of ether oxygens (including phenoxy) is 4. The van der Waals surface area contributed by atoms with Crippen molar-refractivity contribution in [1.29, 1.82) is 0 Å². The Bertz CT molecular complexity index is 1630. The summed E-state index contributed by atoms with van der Waals surface area (Å²) in [5, 5.41) is 5.39. The average molecular weight is 570 g/mol. The lowest BCUT2D eigenvalue weighted by molar-refractivity contribution is -0.231. The van der Waals surface area contributed by atoms with Gasteiger partial charge in [0, 0.05) is 31.7 Å². The molecule has 42 heavy (non-hydrogen) atoms. The fourth-order valence-electron chi connectivity index (χ4n) is 5.24. The lowest BCUT2D eigenvalue weighted by Gasteiger charge is -2.35. The predicted molar refractivity (Wildman–Crippen MR) is 165 cm³/mol. The number of fused-ring (bicyclic) bond motifs is 2. The van der Waals surface area contributed by atoms with Crippen LogP contribution in [0.1, 0.15) is 44.4 Å². The number of benzene rings is 2. The molecular weight excluding hydrogens is 530 g/mol. The van der Waals surface area contributed by atoms with Crippen molar-refractivity contribution in [1.82, 2.24) is 19.5 Å². The number of pyridine rings is 1. The lowest BCUT2D eigenvalue weighted by Crippen LogP contribution is -2.38. The molecule has 0 aliphatic rings. The SMILES string of the molecule is CC[C@H](C(Cc1ccc2ccc(NCc3ccc(OC)cc3)nc2c1)OC(C)(C)OC)n1ccc2c(OC)ncnc21. The molecule has 0 radical (unpaired) electrons. The minimum Gasteiger partial charge on any atom is -0.497 e. The fourth-order valence-corrected chi connectivity index (χ4v) is 5.24. The van der Waals surface area contributed by atoms with Crippen LogP contribution in [0.5, 0.6) is 11.6 Å². The first-order valence-corrected chi connectivity index (χ1v) is 14.2. The number of rotatable bonds is 13. The van der Waals surface area contributed by atoms with Gasteiger partial charge in [-0.25, -0.2) is 15.0 Å². The van der Waals surface area contributed by atoms with Crippen LogP contribution < -0.4 is 14.8 Å². The van der Waals surface area contributed by atoms with Gasteiger partial charge in [0.15, 0.2) is 5.79 Å². The second-order valence-corrected chi connectivity index (χ2v) is 10.7. The molecule has 3 heterocycles. The Morgan fingerprint density at radius 2 is 1.67 bits per heavy atom. The highest BCUT2D eigenvalue weighted by Crippen LogP contribution is 2.32. The van der Waals surface area contributed by atoms with Crippen LogP contribution in [0.2, 0.25) is 0 Å². The maximum absolute atomic E-state index is 6.65. The molecule has 5 aromatic rings. The van der Waals surface area contributed by atoms with Gasteiger partial charge in [-0.05, 0) is 67.8 Å². The van der Waals surface area contributed by atoms with Gasteiger partial charge in [-0.1, -0.05) is 31.2 Å². The molecule has 2 aromatic carbocycles. The van der Waals surface area contributed by atoms with Crippen LogP contribution in [0.25, 0.3) is 21.9 Å². The van der Waals surface area contributed by atoms with Gasteiger partial charge in [-0.3, -0.25) is 0 Å². The molecule has 1 unspecified atom stereocenters. The number of hydrogen-bond acceptors (Lipinski definition) is 8. The van der Waals surface area contributed by atoms with E-state index in [1.165, 1.54) is 6.33 Å². The van der Waals surface area contributed by atoms with E-state index in [4.69, 9.17) is 23.9 Å². The van der Waals surface area contributed by atoms with E-state index >= 15 is 0 Å². The number of nitrogens with zero attached hydrogens (tertiary/aromatic N) is 4. The summed E-state index contributed by atoms with van der Waals surface area (Å²) in [5.41, 5.74) is 4.01. The Kier molecular flexibility index (Phi) is 8.89. The molecule has 5 rings (SSSR count). The quantitative estimate of drug-likeness (QED) is 0.159. The molecule has 0 fully saturated rings. The molecular formula is C33H39N5O4. The Hall–Kier alpha value is -4.21. The smallest absolute Gasteiger partial charge is 0.225 e. The highest BCUT2D eigenvalue weighted by molar-refractivity contribution is 5.82. The summed E-state index contributed by atoms with van der Waals surface area (Å²) < 4.78 is 25.3. The maximum Gasteiger partial charge on any atom is 0.225 e. The van der Waals surface area contributed by atoms with E-state index < -0.39 is 5.79 Å². The summed E-state index contributed by atoms with van der Waals surface area (Å²) in [6.45, 7) is 6.71. The number of methoxy groups -OCH3 is 3. The number of nitrogens with one attached hydrogen (secondary N) is 1. The number of anilines is 1. The molecule has 0 saturated heterocycles. The molecule has 0 aliphatic heterocycles. The van der Waals surface area contributed by atoms with Gasteiger partial charge in [-0.15, -0.1) is 0 Å². The third-order valence-electron chi connectivity index (χ3n) is 7.62. The Morgan fingerprint density at radius 3 is 2.38 bits per heavy atom. The first kappa shape index (κ1) is 29.3. The van der Waals surface area contributed by atoms with Crippen molar-refractivity contribution >= 4 is 27.8 Å². The summed E-state index contributed by atoms with van der Waals surface area (Å²) >= 11 is 0. The zero-order valence-electron chi connectivity index (χ0n) is 25.1. The van der Waals surface area contributed by atoms with Crippen LogP contribution in [0, 0.1) is 0 Å². The summed E-state index contributed by atoms with van der Waals surface area (Å²) in [7, 11) is 4.96. The van der Waals surface area contributed by atoms with Gasteiger partial charge in [0.25, 0.3) is 0 Å². The third-order valence-corrected chi connectivity index (χ3v) is 7.62. The van der Waals surface area contributed by atoms with E-state index in [2.05, 4.69) is 51.0 Å². The van der Waals surface area contributed by atoms with Crippen LogP contribution in [-0.2, 0) is 22.4 Å². The van der Waals surface area contributed by atoms with Crippen LogP contribution in [-0.4, -0.2) is 52.7 Å². The van der Waals surface area contributed by atoms with E-state index in [1.807, 2.05) is 56.4 Å². The van der Waals surface area contributed by atoms with Crippen LogP contribution in [0.3, 0.4) is 0 Å². The van der Waals surface area contributed by atoms with E-state index in [1.54, 1.807) is 21.3 Å². The standard InChI is InChI=1S/C33H39N5O4/c1-7-28(38-17-16-26-31(38)35-21-36-32(26)40-5)29(42-33(2,3)41-6)19-23-8-11-24-12-15-30(37-27(24)18-23)34-20-22-9-13-25(39-4)14-10-22/h8-18,21,28-29H,7,19-20H2,1-6H3,(H,34,37)/t28-,29?/m1/s1. The molecule has 0 aliphatic carbocycles. The van der Waals surface area contributed by atoms with Crippen molar-refractivity contribution in [3.05, 3.63) is 84.3 Å². The van der Waals surface area contributed by atoms with Crippen LogP contribution in [0.15, 0.2) is 73.2 Å². The molecule has 0 spiro atoms. The highest BCUT2D eigenvalue weighted by atomic mass is 16.7. The molecule has 9 heteroatoms. The maximum atomic E-state index is 6.65. The van der Waals surface area contributed by atoms with Crippen molar-refractivity contribution in [2.24, 2.45) is 0 Å². The Labute approximate surface area is 246 Å². The van der Waals surface area contributed by atoms with E-state index in [9.17, 15) is 0 Å². The molecule has 0 saturated carbocycles. The fraction of sp³-hybridized carbons (Fsp3) is 0.364. The zero-order chi connectivity index (χ0) is 29.7. The topological polar surface area (TPSA) is 92.5 Å². The predicted octanol–water partition coefficient (Wildman–Crippen LogP) is 6.57. The van der Waals surface area contributed by atoms with Gasteiger partial charge < -0.3 is 28.8 Å². The average Bonchev–Trinajstić information content (AvgIpc) is 3.44. The van der Waals surface area contributed by atoms with Gasteiger partial charge in [0.1, 0.15) is 23.5 Å². The van der Waals surface area contributed by atoms with Crippen molar-refractivity contribution in [3.8, 4) is 11.6 Å². The summed E-state index contributed by atoms with van der Waals surface area (Å²) in [6.07, 6.45) is 4.85. The second-order valence-electron chi connectivity index (χ2n) is 10.7. The largest absolute Gasteiger partial charge is 0.497 e. The Balaban J connectivity index is 1.42. The second kappa shape index (κ2) is 12.8. The molecule has 1 N–H and O–H groups in total. The van der Waals surface area contributed by atoms with Crippen molar-refractivity contribution < 1.29 is 18.9 Å². The summed E-state index contributed by atoms with van der Waals surface area (Å²) in [4.78, 5) is 13.8. The van der Waals surface area contributed by atoms with Crippen LogP contribution in [0.4, 0.5) is 5.82 Å². The van der Waals surface area contributed by atoms with E-state index in [0.29, 0.717) is 18.8 Å². The zero-order valence-corrected chi connectivity index (χ0v) is 25.1. The molecule has 2 atom stereocenters. The van der Waals surface area contributed by atoms with Crippen LogP contribution >= 0.6 is 0 Å². The molecule has 0 amide bonds. The molecule has 220 valence electrons. The Morgan fingerprint density at radius 1 is 0.905 bits per heavy atom. The van der Waals surface area contributed by atoms with Gasteiger partial charge >= 0.3 is 0 Å². The molecule has 9 nitrogen and oxygen atoms in total. The minimum atomic E-state index is -0.776. The first-order chi connectivity index (χ1) is 20.3. The molecule has 3 aromatic heterocycles. The van der Waals surface area contributed by atoms with Crippen molar-refractivity contribution in [3.63, 3.8) is 0 Å². The first-order valence-electron chi connectivity index (χ1n) is 14.2. The van der Waals surface area contributed by atoms with Crippen molar-refractivity contribution in [2.45, 2.75) is 58.1 Å². The van der Waals surface area contributed by atoms with Gasteiger partial charge in [-0.2, -0.15) is 0 Å². The van der Waals surface area contributed by atoms with Gasteiger partial charge in [0.05, 0.1) is 37.3 Å². The summed E-state index contributed by atoms with van der Waals surface area (Å²) in [6, 6.07) is 20.5. The van der Waals surface area contributed by atoms with E-state index in [0.717, 1.165) is 51.1 Å². The number of aromatic nitrogens is 4. The third kappa shape index (κ3) is 6.48. The normalized spacial score (nSPS) is 13.3.